The van der Waals surface area contributed by atoms with Crippen LogP contribution in [0.5, 0.6) is 0 Å². The molecule has 0 bridgehead atoms. The molecule has 2 aromatic rings. The number of nitrogens with two attached hydrogens (primary N) is 1. The van der Waals surface area contributed by atoms with Crippen molar-refractivity contribution in [1.29, 1.82) is 0 Å². The van der Waals surface area contributed by atoms with E-state index in [4.69, 9.17) is 5.73 Å². The van der Waals surface area contributed by atoms with Crippen molar-refractivity contribution in [3.63, 3.8) is 0 Å². The highest BCUT2D eigenvalue weighted by atomic mass is 32.2. The molecule has 0 fully saturated rings. The van der Waals surface area contributed by atoms with E-state index in [0.717, 1.165) is 17.8 Å². The summed E-state index contributed by atoms with van der Waals surface area (Å²) in [4.78, 5) is 0.928. The third-order valence-corrected chi connectivity index (χ3v) is 3.72. The van der Waals surface area contributed by atoms with E-state index in [1.165, 1.54) is 24.3 Å². The van der Waals surface area contributed by atoms with Crippen molar-refractivity contribution in [3.05, 3.63) is 59.4 Å². The minimum absolute atomic E-state index is 0.273. The van der Waals surface area contributed by atoms with Gasteiger partial charge in [0.05, 0.1) is 0 Å². The molecule has 2 N–H and O–H groups in total. The quantitative estimate of drug-likeness (QED) is 0.910. The molecule has 5 heteroatoms. The van der Waals surface area contributed by atoms with Crippen molar-refractivity contribution in [2.24, 2.45) is 5.73 Å². The lowest BCUT2D eigenvalue weighted by atomic mass is 10.1. The van der Waals surface area contributed by atoms with E-state index >= 15 is 0 Å². The van der Waals surface area contributed by atoms with Crippen LogP contribution in [0.2, 0.25) is 0 Å². The standard InChI is InChI=1S/C14H12F3NS/c1-8(18)11-6-9(15)2-4-13(11)19-14-5-3-10(16)7-12(14)17/h2-8H,18H2,1H3/t8-/m0/s1. The third kappa shape index (κ3) is 3.30. The molecule has 0 spiro atoms. The first-order chi connectivity index (χ1) is 8.97. The van der Waals surface area contributed by atoms with Gasteiger partial charge in [-0.15, -0.1) is 0 Å². The van der Waals surface area contributed by atoms with Gasteiger partial charge in [0.15, 0.2) is 0 Å². The van der Waals surface area contributed by atoms with Gasteiger partial charge in [-0.25, -0.2) is 13.2 Å². The summed E-state index contributed by atoms with van der Waals surface area (Å²) in [5.74, 6) is -1.67. The van der Waals surface area contributed by atoms with E-state index in [2.05, 4.69) is 0 Å². The van der Waals surface area contributed by atoms with Gasteiger partial charge in [-0.05, 0) is 42.8 Å². The number of benzene rings is 2. The Kier molecular flexibility index (Phi) is 4.17. The van der Waals surface area contributed by atoms with Gasteiger partial charge in [0.2, 0.25) is 0 Å². The molecule has 100 valence electrons. The number of halogens is 3. The maximum Gasteiger partial charge on any atom is 0.140 e. The molecule has 0 heterocycles. The van der Waals surface area contributed by atoms with E-state index in [1.54, 1.807) is 13.0 Å². The van der Waals surface area contributed by atoms with Crippen LogP contribution >= 0.6 is 11.8 Å². The molecular formula is C14H12F3NS. The Morgan fingerprint density at radius 1 is 0.947 bits per heavy atom. The Balaban J connectivity index is 2.38. The highest BCUT2D eigenvalue weighted by molar-refractivity contribution is 7.99. The van der Waals surface area contributed by atoms with Gasteiger partial charge in [0.25, 0.3) is 0 Å². The fourth-order valence-corrected chi connectivity index (χ4v) is 2.67. The van der Waals surface area contributed by atoms with E-state index < -0.39 is 17.5 Å². The molecule has 0 aliphatic heterocycles. The third-order valence-electron chi connectivity index (χ3n) is 2.58. The summed E-state index contributed by atoms with van der Waals surface area (Å²) in [7, 11) is 0. The van der Waals surface area contributed by atoms with Crippen molar-refractivity contribution in [3.8, 4) is 0 Å². The van der Waals surface area contributed by atoms with Crippen LogP contribution in [0.25, 0.3) is 0 Å². The van der Waals surface area contributed by atoms with Gasteiger partial charge in [-0.3, -0.25) is 0 Å². The zero-order chi connectivity index (χ0) is 14.0. The van der Waals surface area contributed by atoms with E-state index in [0.29, 0.717) is 10.5 Å². The largest absolute Gasteiger partial charge is 0.324 e. The molecule has 0 aliphatic carbocycles. The zero-order valence-corrected chi connectivity index (χ0v) is 11.0. The van der Waals surface area contributed by atoms with Gasteiger partial charge in [-0.2, -0.15) is 0 Å². The summed E-state index contributed by atoms with van der Waals surface area (Å²) < 4.78 is 39.6. The second-order valence-electron chi connectivity index (χ2n) is 4.15. The lowest BCUT2D eigenvalue weighted by Crippen LogP contribution is -2.06. The van der Waals surface area contributed by atoms with Crippen LogP contribution in [-0.2, 0) is 0 Å². The average molecular weight is 283 g/mol. The molecule has 0 saturated carbocycles. The number of rotatable bonds is 3. The van der Waals surface area contributed by atoms with E-state index in [-0.39, 0.29) is 10.9 Å². The molecule has 0 aromatic heterocycles. The van der Waals surface area contributed by atoms with Gasteiger partial charge in [0, 0.05) is 21.9 Å². The molecule has 1 atom stereocenters. The van der Waals surface area contributed by atoms with E-state index in [1.807, 2.05) is 0 Å². The molecule has 2 rings (SSSR count). The first kappa shape index (κ1) is 14.0. The van der Waals surface area contributed by atoms with Gasteiger partial charge in [0.1, 0.15) is 17.5 Å². The average Bonchev–Trinajstić information content (AvgIpc) is 2.34. The summed E-state index contributed by atoms with van der Waals surface area (Å²) in [5.41, 5.74) is 6.36. The Bertz CT molecular complexity index is 599. The smallest absolute Gasteiger partial charge is 0.140 e. The molecule has 0 unspecified atom stereocenters. The maximum absolute atomic E-state index is 13.6. The second kappa shape index (κ2) is 5.67. The molecule has 0 aliphatic rings. The fourth-order valence-electron chi connectivity index (χ4n) is 1.64. The normalized spacial score (nSPS) is 12.5. The van der Waals surface area contributed by atoms with E-state index in [9.17, 15) is 13.2 Å². The second-order valence-corrected chi connectivity index (χ2v) is 5.23. The SMILES string of the molecule is C[C@H](N)c1cc(F)ccc1Sc1ccc(F)cc1F. The highest BCUT2D eigenvalue weighted by Gasteiger charge is 2.12. The minimum atomic E-state index is -0.648. The topological polar surface area (TPSA) is 26.0 Å². The predicted octanol–water partition coefficient (Wildman–Crippen LogP) is 4.27. The molecule has 19 heavy (non-hydrogen) atoms. The van der Waals surface area contributed by atoms with Gasteiger partial charge < -0.3 is 5.73 Å². The van der Waals surface area contributed by atoms with Crippen molar-refractivity contribution in [2.45, 2.75) is 22.8 Å². The van der Waals surface area contributed by atoms with Crippen molar-refractivity contribution in [2.75, 3.05) is 0 Å². The summed E-state index contributed by atoms with van der Waals surface area (Å²) in [6, 6.07) is 7.13. The van der Waals surface area contributed by atoms with Crippen molar-refractivity contribution >= 4 is 11.8 Å². The molecule has 0 saturated heterocycles. The van der Waals surface area contributed by atoms with Gasteiger partial charge >= 0.3 is 0 Å². The predicted molar refractivity (Wildman–Crippen MR) is 69.5 cm³/mol. The first-order valence-corrected chi connectivity index (χ1v) is 6.47. The molecule has 1 nitrogen and oxygen atoms in total. The molecule has 0 amide bonds. The van der Waals surface area contributed by atoms with Crippen molar-refractivity contribution in [1.82, 2.24) is 0 Å². The lowest BCUT2D eigenvalue weighted by molar-refractivity contribution is 0.565. The summed E-state index contributed by atoms with van der Waals surface area (Å²) in [6.45, 7) is 1.72. The number of hydrogen-bond acceptors (Lipinski definition) is 2. The van der Waals surface area contributed by atoms with Crippen LogP contribution < -0.4 is 5.73 Å². The Morgan fingerprint density at radius 2 is 1.53 bits per heavy atom. The molecule has 2 aromatic carbocycles. The maximum atomic E-state index is 13.6. The Morgan fingerprint density at radius 3 is 2.11 bits per heavy atom. The summed E-state index contributed by atoms with van der Waals surface area (Å²) in [6.07, 6.45) is 0. The van der Waals surface area contributed by atoms with Crippen LogP contribution in [0.1, 0.15) is 18.5 Å². The van der Waals surface area contributed by atoms with Crippen LogP contribution in [0, 0.1) is 17.5 Å². The van der Waals surface area contributed by atoms with Crippen LogP contribution in [0.15, 0.2) is 46.2 Å². The Hall–Kier alpha value is -1.46. The fraction of sp³-hybridized carbons (Fsp3) is 0.143. The van der Waals surface area contributed by atoms with Crippen LogP contribution in [0.3, 0.4) is 0 Å². The molecule has 0 radical (unpaired) electrons. The minimum Gasteiger partial charge on any atom is -0.324 e. The summed E-state index contributed by atoms with van der Waals surface area (Å²) in [5, 5.41) is 0. The number of hydrogen-bond donors (Lipinski definition) is 1. The highest BCUT2D eigenvalue weighted by Crippen LogP contribution is 2.34. The van der Waals surface area contributed by atoms with Gasteiger partial charge in [-0.1, -0.05) is 11.8 Å². The van der Waals surface area contributed by atoms with Crippen molar-refractivity contribution < 1.29 is 13.2 Å². The zero-order valence-electron chi connectivity index (χ0n) is 10.2. The summed E-state index contributed by atoms with van der Waals surface area (Å²) >= 11 is 1.10. The lowest BCUT2D eigenvalue weighted by Gasteiger charge is -2.12. The first-order valence-electron chi connectivity index (χ1n) is 5.65. The Labute approximate surface area is 113 Å². The molecular weight excluding hydrogens is 271 g/mol. The van der Waals surface area contributed by atoms with Crippen LogP contribution in [0.4, 0.5) is 13.2 Å². The monoisotopic (exact) mass is 283 g/mol. The van der Waals surface area contributed by atoms with Crippen LogP contribution in [-0.4, -0.2) is 0 Å².